The van der Waals surface area contributed by atoms with E-state index in [1.54, 1.807) is 55.5 Å². The first-order valence-electron chi connectivity index (χ1n) is 9.98. The minimum absolute atomic E-state index is 0.155. The number of hydrogen-bond donors (Lipinski definition) is 1. The van der Waals surface area contributed by atoms with Crippen LogP contribution in [0, 0.1) is 18.8 Å². The highest BCUT2D eigenvalue weighted by Crippen LogP contribution is 2.44. The molecule has 2 saturated carbocycles. The number of anilines is 1. The molecule has 0 radical (unpaired) electrons. The molecule has 1 amide bonds. The van der Waals surface area contributed by atoms with Gasteiger partial charge in [0.25, 0.3) is 10.0 Å². The maximum atomic E-state index is 13.4. The van der Waals surface area contributed by atoms with E-state index >= 15 is 0 Å². The number of benzene rings is 2. The zero-order valence-electron chi connectivity index (χ0n) is 16.3. The van der Waals surface area contributed by atoms with Crippen LogP contribution < -0.4 is 9.62 Å². The van der Waals surface area contributed by atoms with Crippen molar-refractivity contribution in [1.82, 2.24) is 5.32 Å². The van der Waals surface area contributed by atoms with Crippen LogP contribution in [0.15, 0.2) is 53.4 Å². The molecule has 3 atom stereocenters. The van der Waals surface area contributed by atoms with E-state index in [0.717, 1.165) is 12.8 Å². The fourth-order valence-electron chi connectivity index (χ4n) is 4.72. The highest BCUT2D eigenvalue weighted by molar-refractivity contribution is 7.92. The monoisotopic (exact) mass is 432 g/mol. The summed E-state index contributed by atoms with van der Waals surface area (Å²) >= 11 is 6.06. The molecule has 0 heterocycles. The third-order valence-electron chi connectivity index (χ3n) is 6.13. The lowest BCUT2D eigenvalue weighted by molar-refractivity contribution is -0.120. The highest BCUT2D eigenvalue weighted by Gasteiger charge is 2.40. The van der Waals surface area contributed by atoms with Gasteiger partial charge in [-0.05, 0) is 73.9 Å². The van der Waals surface area contributed by atoms with E-state index in [2.05, 4.69) is 5.32 Å². The van der Waals surface area contributed by atoms with Gasteiger partial charge in [-0.2, -0.15) is 0 Å². The predicted molar refractivity (Wildman–Crippen MR) is 115 cm³/mol. The van der Waals surface area contributed by atoms with Crippen LogP contribution in [-0.4, -0.2) is 26.9 Å². The number of carbonyl (C=O) groups excluding carboxylic acids is 1. The predicted octanol–water partition coefficient (Wildman–Crippen LogP) is 4.15. The minimum Gasteiger partial charge on any atom is -0.352 e. The molecule has 0 unspecified atom stereocenters. The van der Waals surface area contributed by atoms with E-state index < -0.39 is 10.0 Å². The number of halogens is 1. The van der Waals surface area contributed by atoms with Crippen molar-refractivity contribution in [2.45, 2.75) is 43.5 Å². The van der Waals surface area contributed by atoms with Gasteiger partial charge in [-0.1, -0.05) is 36.2 Å². The zero-order chi connectivity index (χ0) is 20.6. The van der Waals surface area contributed by atoms with Crippen LogP contribution >= 0.6 is 11.6 Å². The van der Waals surface area contributed by atoms with E-state index in [0.29, 0.717) is 28.1 Å². The summed E-state index contributed by atoms with van der Waals surface area (Å²) in [4.78, 5) is 13.0. The maximum absolute atomic E-state index is 13.4. The standard InChI is InChI=1S/C22H25ClN2O3S/c1-15-11-18(23)9-10-21(15)25(29(27,28)19-5-3-2-4-6-19)14-22(26)24-20-13-16-7-8-17(20)12-16/h2-6,9-11,16-17,20H,7-8,12-14H2,1H3,(H,24,26)/t16-,17-,20+/m0/s1. The van der Waals surface area contributed by atoms with Crippen LogP contribution in [0.4, 0.5) is 5.69 Å². The fourth-order valence-corrected chi connectivity index (χ4v) is 6.46. The third kappa shape index (κ3) is 4.14. The molecule has 0 spiro atoms. The number of fused-ring (bicyclic) bond motifs is 2. The number of rotatable bonds is 6. The summed E-state index contributed by atoms with van der Waals surface area (Å²) < 4.78 is 28.0. The summed E-state index contributed by atoms with van der Waals surface area (Å²) in [7, 11) is -3.90. The second-order valence-electron chi connectivity index (χ2n) is 8.10. The molecule has 5 nitrogen and oxygen atoms in total. The second kappa shape index (κ2) is 8.00. The molecule has 4 rings (SSSR count). The second-order valence-corrected chi connectivity index (χ2v) is 10.4. The first-order chi connectivity index (χ1) is 13.8. The van der Waals surface area contributed by atoms with Gasteiger partial charge in [-0.3, -0.25) is 9.10 Å². The first-order valence-corrected chi connectivity index (χ1v) is 11.8. The average molecular weight is 433 g/mol. The van der Waals surface area contributed by atoms with Gasteiger partial charge in [0, 0.05) is 11.1 Å². The van der Waals surface area contributed by atoms with Crippen molar-refractivity contribution in [3.63, 3.8) is 0 Å². The molecule has 2 bridgehead atoms. The minimum atomic E-state index is -3.90. The van der Waals surface area contributed by atoms with Gasteiger partial charge in [-0.25, -0.2) is 8.42 Å². The van der Waals surface area contributed by atoms with E-state index in [1.165, 1.54) is 17.1 Å². The lowest BCUT2D eigenvalue weighted by atomic mass is 9.95. The molecule has 0 aromatic heterocycles. The summed E-state index contributed by atoms with van der Waals surface area (Å²) in [5.41, 5.74) is 1.16. The number of sulfonamides is 1. The van der Waals surface area contributed by atoms with E-state index in [-0.39, 0.29) is 23.4 Å². The molecular weight excluding hydrogens is 408 g/mol. The average Bonchev–Trinajstić information content (AvgIpc) is 3.30. The van der Waals surface area contributed by atoms with Gasteiger partial charge >= 0.3 is 0 Å². The van der Waals surface area contributed by atoms with Crippen LogP contribution in [0.3, 0.4) is 0 Å². The molecule has 29 heavy (non-hydrogen) atoms. The molecule has 2 fully saturated rings. The molecular formula is C22H25ClN2O3S. The summed E-state index contributed by atoms with van der Waals surface area (Å²) in [6.07, 6.45) is 4.57. The molecule has 7 heteroatoms. The number of nitrogens with one attached hydrogen (secondary N) is 1. The Hall–Kier alpha value is -2.05. The fraction of sp³-hybridized carbons (Fsp3) is 0.409. The molecule has 1 N–H and O–H groups in total. The zero-order valence-corrected chi connectivity index (χ0v) is 17.9. The van der Waals surface area contributed by atoms with Crippen LogP contribution in [0.2, 0.25) is 5.02 Å². The Morgan fingerprint density at radius 1 is 1.14 bits per heavy atom. The van der Waals surface area contributed by atoms with Crippen molar-refractivity contribution in [3.05, 3.63) is 59.1 Å². The SMILES string of the molecule is Cc1cc(Cl)ccc1N(CC(=O)N[C@@H]1C[C@H]2CC[C@H]1C2)S(=O)(=O)c1ccccc1. The van der Waals surface area contributed by atoms with Crippen molar-refractivity contribution >= 4 is 33.2 Å². The third-order valence-corrected chi connectivity index (χ3v) is 8.14. The van der Waals surface area contributed by atoms with Crippen molar-refractivity contribution in [1.29, 1.82) is 0 Å². The lowest BCUT2D eigenvalue weighted by Gasteiger charge is -2.28. The van der Waals surface area contributed by atoms with E-state index in [1.807, 2.05) is 0 Å². The van der Waals surface area contributed by atoms with Gasteiger partial charge in [-0.15, -0.1) is 0 Å². The molecule has 2 aliphatic rings. The Balaban J connectivity index is 1.62. The van der Waals surface area contributed by atoms with Crippen molar-refractivity contribution in [2.75, 3.05) is 10.8 Å². The Morgan fingerprint density at radius 2 is 1.90 bits per heavy atom. The van der Waals surface area contributed by atoms with Crippen LogP contribution in [0.5, 0.6) is 0 Å². The van der Waals surface area contributed by atoms with Gasteiger partial charge in [0.15, 0.2) is 0 Å². The summed E-state index contributed by atoms with van der Waals surface area (Å²) in [5, 5.41) is 3.62. The Bertz CT molecular complexity index is 1010. The lowest BCUT2D eigenvalue weighted by Crippen LogP contribution is -2.46. The Morgan fingerprint density at radius 3 is 2.52 bits per heavy atom. The topological polar surface area (TPSA) is 66.5 Å². The summed E-state index contributed by atoms with van der Waals surface area (Å²) in [5.74, 6) is 0.963. The molecule has 2 aromatic carbocycles. The van der Waals surface area contributed by atoms with Gasteiger partial charge in [0.05, 0.1) is 10.6 Å². The number of hydrogen-bond acceptors (Lipinski definition) is 3. The van der Waals surface area contributed by atoms with Crippen LogP contribution in [0.1, 0.15) is 31.2 Å². The molecule has 0 saturated heterocycles. The van der Waals surface area contributed by atoms with Crippen LogP contribution in [-0.2, 0) is 14.8 Å². The Kier molecular flexibility index (Phi) is 5.58. The van der Waals surface area contributed by atoms with Crippen molar-refractivity contribution < 1.29 is 13.2 Å². The molecule has 2 aliphatic carbocycles. The first kappa shape index (κ1) is 20.2. The van der Waals surface area contributed by atoms with Gasteiger partial charge in [0.2, 0.25) is 5.91 Å². The summed E-state index contributed by atoms with van der Waals surface area (Å²) in [6, 6.07) is 13.4. The molecule has 0 aliphatic heterocycles. The highest BCUT2D eigenvalue weighted by atomic mass is 35.5. The van der Waals surface area contributed by atoms with Crippen molar-refractivity contribution in [2.24, 2.45) is 11.8 Å². The van der Waals surface area contributed by atoms with Crippen molar-refractivity contribution in [3.8, 4) is 0 Å². The van der Waals surface area contributed by atoms with E-state index in [4.69, 9.17) is 11.6 Å². The van der Waals surface area contributed by atoms with E-state index in [9.17, 15) is 13.2 Å². The van der Waals surface area contributed by atoms with Crippen LogP contribution in [0.25, 0.3) is 0 Å². The quantitative estimate of drug-likeness (QED) is 0.745. The Labute approximate surface area is 177 Å². The normalized spacial score (nSPS) is 23.2. The smallest absolute Gasteiger partial charge is 0.264 e. The molecule has 2 aromatic rings. The number of nitrogens with zero attached hydrogens (tertiary/aromatic N) is 1. The number of aryl methyl sites for hydroxylation is 1. The number of carbonyl (C=O) groups is 1. The maximum Gasteiger partial charge on any atom is 0.264 e. The largest absolute Gasteiger partial charge is 0.352 e. The molecule has 154 valence electrons. The van der Waals surface area contributed by atoms with Gasteiger partial charge < -0.3 is 5.32 Å². The number of amides is 1. The summed E-state index contributed by atoms with van der Waals surface area (Å²) in [6.45, 7) is 1.54. The van der Waals surface area contributed by atoms with Gasteiger partial charge in [0.1, 0.15) is 6.54 Å².